The van der Waals surface area contributed by atoms with Crippen molar-refractivity contribution in [3.05, 3.63) is 75.1 Å². The Kier molecular flexibility index (Phi) is 10.8. The number of guanidine groups is 1. The fourth-order valence-electron chi connectivity index (χ4n) is 2.47. The molecule has 0 aliphatic rings. The molecule has 0 bridgehead atoms. The lowest BCUT2D eigenvalue weighted by molar-refractivity contribution is -0.384. The molecule has 2 aromatic rings. The van der Waals surface area contributed by atoms with Crippen LogP contribution in [0.5, 0.6) is 0 Å². The zero-order valence-electron chi connectivity index (χ0n) is 15.8. The van der Waals surface area contributed by atoms with E-state index in [4.69, 9.17) is 0 Å². The van der Waals surface area contributed by atoms with Crippen molar-refractivity contribution in [2.24, 2.45) is 4.99 Å². The highest BCUT2D eigenvalue weighted by molar-refractivity contribution is 14.0. The highest BCUT2D eigenvalue weighted by Crippen LogP contribution is 2.17. The van der Waals surface area contributed by atoms with E-state index in [1.165, 1.54) is 18.2 Å². The SMILES string of the molecule is CCNC(=NCc1ccc([N+](=O)[O-])cc1)NCc1ccc(F)cc1CSC.I. The predicted molar refractivity (Wildman–Crippen MR) is 124 cm³/mol. The van der Waals surface area contributed by atoms with E-state index >= 15 is 0 Å². The number of nitro groups is 1. The Morgan fingerprint density at radius 2 is 1.89 bits per heavy atom. The van der Waals surface area contributed by atoms with Crippen molar-refractivity contribution in [1.29, 1.82) is 0 Å². The minimum Gasteiger partial charge on any atom is -0.357 e. The van der Waals surface area contributed by atoms with E-state index in [1.807, 2.05) is 13.2 Å². The molecule has 28 heavy (non-hydrogen) atoms. The average Bonchev–Trinajstić information content (AvgIpc) is 2.65. The highest BCUT2D eigenvalue weighted by atomic mass is 127. The second-order valence-electron chi connectivity index (χ2n) is 5.82. The second kappa shape index (κ2) is 12.6. The third kappa shape index (κ3) is 7.63. The summed E-state index contributed by atoms with van der Waals surface area (Å²) in [5.41, 5.74) is 2.92. The molecule has 0 amide bonds. The zero-order valence-corrected chi connectivity index (χ0v) is 18.9. The standard InChI is InChI=1S/C19H23FN4O2S.HI/c1-3-21-19(22-11-14-4-8-18(9-5-14)24(25)26)23-12-15-6-7-17(20)10-16(15)13-27-2;/h4-10H,3,11-13H2,1-2H3,(H2,21,22,23);1H. The Morgan fingerprint density at radius 1 is 1.18 bits per heavy atom. The van der Waals surface area contributed by atoms with E-state index < -0.39 is 4.92 Å². The second-order valence-corrected chi connectivity index (χ2v) is 6.68. The minimum atomic E-state index is -0.423. The number of hydrogen-bond donors (Lipinski definition) is 2. The van der Waals surface area contributed by atoms with Crippen LogP contribution in [-0.2, 0) is 18.8 Å². The molecule has 2 rings (SSSR count). The van der Waals surface area contributed by atoms with Gasteiger partial charge in [-0.25, -0.2) is 9.38 Å². The van der Waals surface area contributed by atoms with Crippen molar-refractivity contribution >= 4 is 47.4 Å². The maximum Gasteiger partial charge on any atom is 0.269 e. The lowest BCUT2D eigenvalue weighted by Gasteiger charge is -2.14. The molecule has 152 valence electrons. The van der Waals surface area contributed by atoms with Crippen LogP contribution in [0.4, 0.5) is 10.1 Å². The number of benzene rings is 2. The number of rotatable bonds is 8. The molecule has 0 heterocycles. The highest BCUT2D eigenvalue weighted by Gasteiger charge is 2.06. The van der Waals surface area contributed by atoms with E-state index in [0.717, 1.165) is 22.4 Å². The maximum absolute atomic E-state index is 13.5. The molecular weight excluding hydrogens is 494 g/mol. The van der Waals surface area contributed by atoms with Gasteiger partial charge in [0.05, 0.1) is 11.5 Å². The number of non-ortho nitro benzene ring substituents is 1. The molecule has 0 atom stereocenters. The van der Waals surface area contributed by atoms with Crippen LogP contribution in [0.1, 0.15) is 23.6 Å². The van der Waals surface area contributed by atoms with Gasteiger partial charge in [-0.3, -0.25) is 10.1 Å². The van der Waals surface area contributed by atoms with Crippen LogP contribution in [-0.4, -0.2) is 23.7 Å². The third-order valence-electron chi connectivity index (χ3n) is 3.83. The maximum atomic E-state index is 13.5. The number of nitro benzene ring substituents is 1. The summed E-state index contributed by atoms with van der Waals surface area (Å²) in [6, 6.07) is 11.1. The number of hydrogen-bond acceptors (Lipinski definition) is 4. The summed E-state index contributed by atoms with van der Waals surface area (Å²) in [7, 11) is 0. The van der Waals surface area contributed by atoms with Crippen molar-refractivity contribution in [3.63, 3.8) is 0 Å². The van der Waals surface area contributed by atoms with Gasteiger partial charge in [-0.05, 0) is 42.0 Å². The van der Waals surface area contributed by atoms with Crippen LogP contribution < -0.4 is 10.6 Å². The number of thioether (sulfide) groups is 1. The molecule has 6 nitrogen and oxygen atoms in total. The molecule has 2 N–H and O–H groups in total. The summed E-state index contributed by atoms with van der Waals surface area (Å²) in [5.74, 6) is 1.14. The minimum absolute atomic E-state index is 0. The molecule has 0 saturated heterocycles. The van der Waals surface area contributed by atoms with Crippen LogP contribution in [0.3, 0.4) is 0 Å². The molecule has 0 fully saturated rings. The van der Waals surface area contributed by atoms with Crippen molar-refractivity contribution in [1.82, 2.24) is 10.6 Å². The molecule has 0 aliphatic heterocycles. The van der Waals surface area contributed by atoms with Gasteiger partial charge in [0.2, 0.25) is 0 Å². The Labute approximate surface area is 185 Å². The van der Waals surface area contributed by atoms with Gasteiger partial charge in [-0.1, -0.05) is 18.2 Å². The predicted octanol–water partition coefficient (Wildman–Crippen LogP) is 4.47. The monoisotopic (exact) mass is 518 g/mol. The number of nitrogens with zero attached hydrogens (tertiary/aromatic N) is 2. The van der Waals surface area contributed by atoms with Crippen LogP contribution in [0.15, 0.2) is 47.5 Å². The Morgan fingerprint density at radius 3 is 2.50 bits per heavy atom. The van der Waals surface area contributed by atoms with Crippen molar-refractivity contribution < 1.29 is 9.31 Å². The number of nitrogens with one attached hydrogen (secondary N) is 2. The molecule has 0 aromatic heterocycles. The van der Waals surface area contributed by atoms with Gasteiger partial charge >= 0.3 is 0 Å². The van der Waals surface area contributed by atoms with E-state index in [-0.39, 0.29) is 35.5 Å². The molecule has 0 unspecified atom stereocenters. The van der Waals surface area contributed by atoms with Crippen LogP contribution >= 0.6 is 35.7 Å². The van der Waals surface area contributed by atoms with Crippen molar-refractivity contribution in [2.75, 3.05) is 12.8 Å². The quantitative estimate of drug-likeness (QED) is 0.177. The van der Waals surface area contributed by atoms with Gasteiger partial charge in [0.1, 0.15) is 5.82 Å². The topological polar surface area (TPSA) is 79.6 Å². The van der Waals surface area contributed by atoms with Gasteiger partial charge in [-0.2, -0.15) is 11.8 Å². The van der Waals surface area contributed by atoms with E-state index in [1.54, 1.807) is 36.0 Å². The number of halogens is 2. The molecule has 0 radical (unpaired) electrons. The third-order valence-corrected chi connectivity index (χ3v) is 4.43. The van der Waals surface area contributed by atoms with Gasteiger partial charge in [-0.15, -0.1) is 24.0 Å². The lowest BCUT2D eigenvalue weighted by Crippen LogP contribution is -2.37. The fraction of sp³-hybridized carbons (Fsp3) is 0.316. The van der Waals surface area contributed by atoms with Crippen molar-refractivity contribution in [2.45, 2.75) is 25.8 Å². The summed E-state index contributed by atoms with van der Waals surface area (Å²) >= 11 is 1.64. The summed E-state index contributed by atoms with van der Waals surface area (Å²) < 4.78 is 13.5. The normalized spacial score (nSPS) is 10.9. The zero-order chi connectivity index (χ0) is 19.6. The molecule has 9 heteroatoms. The summed E-state index contributed by atoms with van der Waals surface area (Å²) in [4.78, 5) is 14.8. The first-order valence-electron chi connectivity index (χ1n) is 8.55. The molecule has 0 saturated carbocycles. The Bertz CT molecular complexity index is 803. The molecule has 0 aliphatic carbocycles. The van der Waals surface area contributed by atoms with E-state index in [9.17, 15) is 14.5 Å². The smallest absolute Gasteiger partial charge is 0.269 e. The van der Waals surface area contributed by atoms with Gasteiger partial charge < -0.3 is 10.6 Å². The Balaban J connectivity index is 0.00000392. The molecule has 0 spiro atoms. The van der Waals surface area contributed by atoms with Crippen LogP contribution in [0, 0.1) is 15.9 Å². The van der Waals surface area contributed by atoms with Crippen molar-refractivity contribution in [3.8, 4) is 0 Å². The van der Waals surface area contributed by atoms with Gasteiger partial charge in [0, 0.05) is 31.0 Å². The summed E-state index contributed by atoms with van der Waals surface area (Å²) in [6.07, 6.45) is 1.98. The molecule has 2 aromatic carbocycles. The average molecular weight is 518 g/mol. The lowest BCUT2D eigenvalue weighted by atomic mass is 10.1. The van der Waals surface area contributed by atoms with Gasteiger partial charge in [0.25, 0.3) is 5.69 Å². The van der Waals surface area contributed by atoms with Crippen LogP contribution in [0.25, 0.3) is 0 Å². The molecular formula is C19H24FIN4O2S. The number of aliphatic imine (C=N–C) groups is 1. The van der Waals surface area contributed by atoms with Crippen LogP contribution in [0.2, 0.25) is 0 Å². The first-order chi connectivity index (χ1) is 13.0. The fourth-order valence-corrected chi connectivity index (χ4v) is 3.05. The largest absolute Gasteiger partial charge is 0.357 e. The first kappa shape index (κ1) is 24.2. The summed E-state index contributed by atoms with van der Waals surface area (Å²) in [6.45, 7) is 3.60. The Hall–Kier alpha value is -1.88. The van der Waals surface area contributed by atoms with E-state index in [0.29, 0.717) is 25.6 Å². The van der Waals surface area contributed by atoms with Gasteiger partial charge in [0.15, 0.2) is 5.96 Å². The first-order valence-corrected chi connectivity index (χ1v) is 9.94. The van der Waals surface area contributed by atoms with E-state index in [2.05, 4.69) is 15.6 Å². The summed E-state index contributed by atoms with van der Waals surface area (Å²) in [5, 5.41) is 17.1.